The minimum atomic E-state index is -0.0224. The van der Waals surface area contributed by atoms with E-state index in [1.807, 2.05) is 61.2 Å². The first kappa shape index (κ1) is 20.0. The van der Waals surface area contributed by atoms with Crippen LogP contribution < -0.4 is 11.1 Å². The van der Waals surface area contributed by atoms with E-state index >= 15 is 0 Å². The van der Waals surface area contributed by atoms with E-state index in [0.29, 0.717) is 44.8 Å². The van der Waals surface area contributed by atoms with E-state index in [2.05, 4.69) is 10.2 Å². The van der Waals surface area contributed by atoms with Crippen molar-refractivity contribution in [2.75, 3.05) is 38.0 Å². The van der Waals surface area contributed by atoms with Crippen molar-refractivity contribution >= 4 is 17.5 Å². The molecule has 2 amide bonds. The Bertz CT molecular complexity index is 840. The van der Waals surface area contributed by atoms with Gasteiger partial charge in [-0.2, -0.15) is 0 Å². The SMILES string of the molecule is Cc1cccc(NC(=O)CN2CCN(C(=O)c3ccc(CN)cc3)CC2)c1C. The number of amides is 2. The standard InChI is InChI=1S/C22H28N4O2/c1-16-4-3-5-20(17(16)2)24-21(27)15-25-10-12-26(13-11-25)22(28)19-8-6-18(14-23)7-9-19/h3-9H,10-15,23H2,1-2H3,(H,24,27). The molecule has 1 saturated heterocycles. The second kappa shape index (κ2) is 8.99. The van der Waals surface area contributed by atoms with E-state index < -0.39 is 0 Å². The first-order chi connectivity index (χ1) is 13.5. The summed E-state index contributed by atoms with van der Waals surface area (Å²) in [6.45, 7) is 7.46. The zero-order chi connectivity index (χ0) is 20.1. The third-order valence-electron chi connectivity index (χ3n) is 5.34. The molecule has 0 spiro atoms. The Labute approximate surface area is 166 Å². The van der Waals surface area contributed by atoms with Crippen molar-refractivity contribution in [3.63, 3.8) is 0 Å². The van der Waals surface area contributed by atoms with E-state index in [1.165, 1.54) is 0 Å². The summed E-state index contributed by atoms with van der Waals surface area (Å²) in [5.41, 5.74) is 10.4. The summed E-state index contributed by atoms with van der Waals surface area (Å²) in [6, 6.07) is 13.3. The van der Waals surface area contributed by atoms with Crippen molar-refractivity contribution in [2.45, 2.75) is 20.4 Å². The van der Waals surface area contributed by atoms with Gasteiger partial charge >= 0.3 is 0 Å². The molecule has 2 aromatic carbocycles. The normalized spacial score (nSPS) is 14.8. The number of nitrogens with one attached hydrogen (secondary N) is 1. The third kappa shape index (κ3) is 4.77. The molecule has 0 aromatic heterocycles. The molecule has 3 N–H and O–H groups in total. The molecule has 6 nitrogen and oxygen atoms in total. The van der Waals surface area contributed by atoms with Crippen LogP contribution in [0.15, 0.2) is 42.5 Å². The molecule has 1 fully saturated rings. The first-order valence-corrected chi connectivity index (χ1v) is 9.64. The average Bonchev–Trinajstić information content (AvgIpc) is 2.71. The monoisotopic (exact) mass is 380 g/mol. The Morgan fingerprint density at radius 2 is 1.68 bits per heavy atom. The van der Waals surface area contributed by atoms with Gasteiger partial charge in [-0.15, -0.1) is 0 Å². The van der Waals surface area contributed by atoms with Crippen LogP contribution in [0.4, 0.5) is 5.69 Å². The molecular weight excluding hydrogens is 352 g/mol. The predicted octanol–water partition coefficient (Wildman–Crippen LogP) is 2.16. The zero-order valence-electron chi connectivity index (χ0n) is 16.6. The maximum atomic E-state index is 12.6. The van der Waals surface area contributed by atoms with Gasteiger partial charge in [0.05, 0.1) is 6.54 Å². The Morgan fingerprint density at radius 1 is 1.00 bits per heavy atom. The van der Waals surface area contributed by atoms with Crippen molar-refractivity contribution in [1.82, 2.24) is 9.80 Å². The molecule has 148 valence electrons. The number of hydrogen-bond acceptors (Lipinski definition) is 4. The summed E-state index contributed by atoms with van der Waals surface area (Å²) < 4.78 is 0. The number of carbonyl (C=O) groups excluding carboxylic acids is 2. The molecule has 6 heteroatoms. The quantitative estimate of drug-likeness (QED) is 0.833. The number of piperazine rings is 1. The summed E-state index contributed by atoms with van der Waals surface area (Å²) in [5.74, 6) is 0.00825. The molecule has 1 aliphatic heterocycles. The minimum absolute atomic E-state index is 0.0224. The van der Waals surface area contributed by atoms with Gasteiger partial charge in [0.25, 0.3) is 5.91 Å². The van der Waals surface area contributed by atoms with Gasteiger partial charge in [0, 0.05) is 44.0 Å². The molecule has 2 aromatic rings. The largest absolute Gasteiger partial charge is 0.336 e. The lowest BCUT2D eigenvalue weighted by molar-refractivity contribution is -0.117. The van der Waals surface area contributed by atoms with Crippen LogP contribution in [0.2, 0.25) is 0 Å². The van der Waals surface area contributed by atoms with Gasteiger partial charge in [0.15, 0.2) is 0 Å². The number of rotatable bonds is 5. The zero-order valence-corrected chi connectivity index (χ0v) is 16.6. The number of nitrogens with two attached hydrogens (primary N) is 1. The minimum Gasteiger partial charge on any atom is -0.336 e. The van der Waals surface area contributed by atoms with Crippen molar-refractivity contribution in [3.8, 4) is 0 Å². The highest BCUT2D eigenvalue weighted by Gasteiger charge is 2.23. The smallest absolute Gasteiger partial charge is 0.253 e. The van der Waals surface area contributed by atoms with Crippen molar-refractivity contribution in [3.05, 3.63) is 64.7 Å². The maximum absolute atomic E-state index is 12.6. The Balaban J connectivity index is 1.50. The lowest BCUT2D eigenvalue weighted by atomic mass is 10.1. The van der Waals surface area contributed by atoms with Gasteiger partial charge in [-0.05, 0) is 48.7 Å². The van der Waals surface area contributed by atoms with E-state index in [-0.39, 0.29) is 11.8 Å². The molecule has 0 atom stereocenters. The molecule has 0 unspecified atom stereocenters. The van der Waals surface area contributed by atoms with Crippen LogP contribution in [0.3, 0.4) is 0 Å². The summed E-state index contributed by atoms with van der Waals surface area (Å²) in [5, 5.41) is 3.00. The van der Waals surface area contributed by atoms with Crippen molar-refractivity contribution in [2.24, 2.45) is 5.73 Å². The molecular formula is C22H28N4O2. The lowest BCUT2D eigenvalue weighted by Crippen LogP contribution is -2.50. The molecule has 0 saturated carbocycles. The van der Waals surface area contributed by atoms with Crippen LogP contribution in [0.25, 0.3) is 0 Å². The fraction of sp³-hybridized carbons (Fsp3) is 0.364. The van der Waals surface area contributed by atoms with Crippen molar-refractivity contribution < 1.29 is 9.59 Å². The Hall–Kier alpha value is -2.70. The van der Waals surface area contributed by atoms with Gasteiger partial charge in [-0.1, -0.05) is 24.3 Å². The van der Waals surface area contributed by atoms with E-state index in [1.54, 1.807) is 0 Å². The molecule has 0 bridgehead atoms. The second-order valence-corrected chi connectivity index (χ2v) is 7.27. The number of aryl methyl sites for hydroxylation is 1. The lowest BCUT2D eigenvalue weighted by Gasteiger charge is -2.34. The molecule has 3 rings (SSSR count). The summed E-state index contributed by atoms with van der Waals surface area (Å²) in [4.78, 5) is 29.0. The molecule has 1 heterocycles. The van der Waals surface area contributed by atoms with E-state index in [9.17, 15) is 9.59 Å². The maximum Gasteiger partial charge on any atom is 0.253 e. The first-order valence-electron chi connectivity index (χ1n) is 9.64. The molecule has 0 radical (unpaired) electrons. The van der Waals surface area contributed by atoms with Gasteiger partial charge < -0.3 is 16.0 Å². The van der Waals surface area contributed by atoms with Gasteiger partial charge in [0.2, 0.25) is 5.91 Å². The highest BCUT2D eigenvalue weighted by Crippen LogP contribution is 2.18. The Morgan fingerprint density at radius 3 is 2.32 bits per heavy atom. The molecule has 0 aliphatic carbocycles. The third-order valence-corrected chi connectivity index (χ3v) is 5.34. The number of nitrogens with zero attached hydrogens (tertiary/aromatic N) is 2. The van der Waals surface area contributed by atoms with Crippen LogP contribution in [-0.4, -0.2) is 54.3 Å². The summed E-state index contributed by atoms with van der Waals surface area (Å²) >= 11 is 0. The van der Waals surface area contributed by atoms with Gasteiger partial charge in [-0.3, -0.25) is 14.5 Å². The second-order valence-electron chi connectivity index (χ2n) is 7.27. The Kier molecular flexibility index (Phi) is 6.44. The number of hydrogen-bond donors (Lipinski definition) is 2. The topological polar surface area (TPSA) is 78.7 Å². The number of anilines is 1. The summed E-state index contributed by atoms with van der Waals surface area (Å²) in [6.07, 6.45) is 0. The highest BCUT2D eigenvalue weighted by atomic mass is 16.2. The molecule has 28 heavy (non-hydrogen) atoms. The van der Waals surface area contributed by atoms with Crippen LogP contribution in [0.5, 0.6) is 0 Å². The van der Waals surface area contributed by atoms with Crippen LogP contribution in [0, 0.1) is 13.8 Å². The van der Waals surface area contributed by atoms with Crippen LogP contribution >= 0.6 is 0 Å². The number of carbonyl (C=O) groups is 2. The van der Waals surface area contributed by atoms with Crippen LogP contribution in [-0.2, 0) is 11.3 Å². The van der Waals surface area contributed by atoms with Crippen LogP contribution in [0.1, 0.15) is 27.0 Å². The highest BCUT2D eigenvalue weighted by molar-refractivity contribution is 5.94. The summed E-state index contributed by atoms with van der Waals surface area (Å²) in [7, 11) is 0. The average molecular weight is 380 g/mol. The van der Waals surface area contributed by atoms with E-state index in [4.69, 9.17) is 5.73 Å². The van der Waals surface area contributed by atoms with Gasteiger partial charge in [0.1, 0.15) is 0 Å². The molecule has 1 aliphatic rings. The fourth-order valence-corrected chi connectivity index (χ4v) is 3.35. The van der Waals surface area contributed by atoms with Crippen molar-refractivity contribution in [1.29, 1.82) is 0 Å². The predicted molar refractivity (Wildman–Crippen MR) is 111 cm³/mol. The number of benzene rings is 2. The fourth-order valence-electron chi connectivity index (χ4n) is 3.35. The van der Waals surface area contributed by atoms with E-state index in [0.717, 1.165) is 22.4 Å². The van der Waals surface area contributed by atoms with Gasteiger partial charge in [-0.25, -0.2) is 0 Å².